The van der Waals surface area contributed by atoms with Crippen LogP contribution >= 0.6 is 22.9 Å². The molecule has 74 valence electrons. The van der Waals surface area contributed by atoms with Crippen LogP contribution in [0.1, 0.15) is 0 Å². The standard InChI is InChI=1S/C10H6ClN3S/c11-9-6-15-10(13-9)14-8-4-2-1-3-7(8)5-12-14/h1-6H. The number of halogens is 1. The highest BCUT2D eigenvalue weighted by atomic mass is 35.5. The molecule has 3 nitrogen and oxygen atoms in total. The molecule has 5 heteroatoms. The Labute approximate surface area is 94.9 Å². The number of rotatable bonds is 1. The zero-order valence-corrected chi connectivity index (χ0v) is 9.16. The van der Waals surface area contributed by atoms with E-state index in [9.17, 15) is 0 Å². The molecule has 0 saturated carbocycles. The van der Waals surface area contributed by atoms with E-state index in [1.54, 1.807) is 10.1 Å². The van der Waals surface area contributed by atoms with Crippen LogP contribution in [0.4, 0.5) is 0 Å². The van der Waals surface area contributed by atoms with E-state index < -0.39 is 0 Å². The fourth-order valence-corrected chi connectivity index (χ4v) is 2.38. The van der Waals surface area contributed by atoms with Crippen LogP contribution in [0.25, 0.3) is 16.0 Å². The van der Waals surface area contributed by atoms with Crippen LogP contribution in [0.2, 0.25) is 5.15 Å². The molecule has 0 atom stereocenters. The molecule has 3 rings (SSSR count). The molecule has 0 aliphatic heterocycles. The zero-order valence-electron chi connectivity index (χ0n) is 7.59. The van der Waals surface area contributed by atoms with E-state index in [-0.39, 0.29) is 0 Å². The van der Waals surface area contributed by atoms with Crippen molar-refractivity contribution in [2.24, 2.45) is 0 Å². The molecule has 0 aliphatic carbocycles. The molecule has 3 aromatic rings. The summed E-state index contributed by atoms with van der Waals surface area (Å²) in [6, 6.07) is 8.00. The van der Waals surface area contributed by atoms with E-state index in [4.69, 9.17) is 11.6 Å². The van der Waals surface area contributed by atoms with E-state index in [1.807, 2.05) is 30.5 Å². The number of hydrogen-bond donors (Lipinski definition) is 0. The highest BCUT2D eigenvalue weighted by Crippen LogP contribution is 2.22. The van der Waals surface area contributed by atoms with Gasteiger partial charge in [0.15, 0.2) is 0 Å². The fourth-order valence-electron chi connectivity index (χ4n) is 1.47. The molecule has 0 aliphatic rings. The zero-order chi connectivity index (χ0) is 10.3. The second kappa shape index (κ2) is 3.32. The number of thiazole rings is 1. The molecule has 0 spiro atoms. The minimum atomic E-state index is 0.509. The van der Waals surface area contributed by atoms with Crippen molar-refractivity contribution in [1.29, 1.82) is 0 Å². The summed E-state index contributed by atoms with van der Waals surface area (Å²) in [5.74, 6) is 0. The minimum absolute atomic E-state index is 0.509. The molecule has 0 fully saturated rings. The van der Waals surface area contributed by atoms with Crippen molar-refractivity contribution in [3.8, 4) is 5.13 Å². The Morgan fingerprint density at radius 1 is 1.27 bits per heavy atom. The van der Waals surface area contributed by atoms with Gasteiger partial charge >= 0.3 is 0 Å². The Morgan fingerprint density at radius 2 is 2.13 bits per heavy atom. The molecule has 0 N–H and O–H groups in total. The van der Waals surface area contributed by atoms with Gasteiger partial charge in [-0.05, 0) is 6.07 Å². The van der Waals surface area contributed by atoms with E-state index in [2.05, 4.69) is 10.1 Å². The number of benzene rings is 1. The lowest BCUT2D eigenvalue weighted by Crippen LogP contribution is -1.94. The average molecular weight is 236 g/mol. The SMILES string of the molecule is Clc1csc(-n2ncc3ccccc32)n1. The highest BCUT2D eigenvalue weighted by Gasteiger charge is 2.07. The maximum atomic E-state index is 5.79. The van der Waals surface area contributed by atoms with Crippen molar-refractivity contribution in [3.63, 3.8) is 0 Å². The van der Waals surface area contributed by atoms with E-state index in [0.29, 0.717) is 5.15 Å². The van der Waals surface area contributed by atoms with Crippen molar-refractivity contribution >= 4 is 33.8 Å². The first-order valence-electron chi connectivity index (χ1n) is 4.39. The molecule has 15 heavy (non-hydrogen) atoms. The predicted octanol–water partition coefficient (Wildman–Crippen LogP) is 3.14. The third-order valence-electron chi connectivity index (χ3n) is 2.12. The summed E-state index contributed by atoms with van der Waals surface area (Å²) in [5, 5.41) is 8.49. The monoisotopic (exact) mass is 235 g/mol. The second-order valence-electron chi connectivity index (χ2n) is 3.07. The molecule has 0 radical (unpaired) electrons. The van der Waals surface area contributed by atoms with Gasteiger partial charge in [-0.15, -0.1) is 11.3 Å². The first kappa shape index (κ1) is 8.88. The number of para-hydroxylation sites is 1. The van der Waals surface area contributed by atoms with Gasteiger partial charge < -0.3 is 0 Å². The maximum absolute atomic E-state index is 5.79. The van der Waals surface area contributed by atoms with E-state index >= 15 is 0 Å². The summed E-state index contributed by atoms with van der Waals surface area (Å²) in [4.78, 5) is 4.19. The van der Waals surface area contributed by atoms with Gasteiger partial charge in [-0.25, -0.2) is 9.67 Å². The van der Waals surface area contributed by atoms with Crippen molar-refractivity contribution in [2.45, 2.75) is 0 Å². The van der Waals surface area contributed by atoms with Gasteiger partial charge in [-0.3, -0.25) is 0 Å². The van der Waals surface area contributed by atoms with Crippen LogP contribution in [-0.2, 0) is 0 Å². The van der Waals surface area contributed by atoms with Gasteiger partial charge in [0.05, 0.1) is 11.7 Å². The van der Waals surface area contributed by atoms with Crippen LogP contribution in [-0.4, -0.2) is 14.8 Å². The Kier molecular flexibility index (Phi) is 1.97. The normalized spacial score (nSPS) is 11.0. The second-order valence-corrected chi connectivity index (χ2v) is 4.29. The fraction of sp³-hybridized carbons (Fsp3) is 0. The summed E-state index contributed by atoms with van der Waals surface area (Å²) in [7, 11) is 0. The Bertz CT molecular complexity index is 614. The lowest BCUT2D eigenvalue weighted by molar-refractivity contribution is 0.899. The first-order chi connectivity index (χ1) is 7.34. The summed E-state index contributed by atoms with van der Waals surface area (Å²) < 4.78 is 1.80. The van der Waals surface area contributed by atoms with E-state index in [0.717, 1.165) is 16.0 Å². The van der Waals surface area contributed by atoms with Crippen LogP contribution in [0.5, 0.6) is 0 Å². The minimum Gasteiger partial charge on any atom is -0.206 e. The summed E-state index contributed by atoms with van der Waals surface area (Å²) in [5.41, 5.74) is 1.04. The largest absolute Gasteiger partial charge is 0.212 e. The first-order valence-corrected chi connectivity index (χ1v) is 5.64. The van der Waals surface area contributed by atoms with Gasteiger partial charge in [-0.1, -0.05) is 29.8 Å². The molecule has 2 aromatic heterocycles. The number of aromatic nitrogens is 3. The van der Waals surface area contributed by atoms with E-state index in [1.165, 1.54) is 11.3 Å². The van der Waals surface area contributed by atoms with Gasteiger partial charge in [0.2, 0.25) is 5.13 Å². The van der Waals surface area contributed by atoms with Crippen LogP contribution in [0.3, 0.4) is 0 Å². The summed E-state index contributed by atoms with van der Waals surface area (Å²) in [6.07, 6.45) is 1.82. The maximum Gasteiger partial charge on any atom is 0.212 e. The Morgan fingerprint density at radius 3 is 2.93 bits per heavy atom. The Hall–Kier alpha value is -1.39. The quantitative estimate of drug-likeness (QED) is 0.649. The molecular formula is C10H6ClN3S. The van der Waals surface area contributed by atoms with Gasteiger partial charge in [0.1, 0.15) is 5.15 Å². The smallest absolute Gasteiger partial charge is 0.206 e. The summed E-state index contributed by atoms with van der Waals surface area (Å²) >= 11 is 7.27. The molecule has 2 heterocycles. The van der Waals surface area contributed by atoms with Crippen LogP contribution in [0, 0.1) is 0 Å². The lowest BCUT2D eigenvalue weighted by Gasteiger charge is -1.96. The molecule has 0 bridgehead atoms. The topological polar surface area (TPSA) is 30.7 Å². The molecular weight excluding hydrogens is 230 g/mol. The molecule has 0 saturated heterocycles. The third-order valence-corrected chi connectivity index (χ3v) is 3.26. The van der Waals surface area contributed by atoms with Gasteiger partial charge in [-0.2, -0.15) is 5.10 Å². The lowest BCUT2D eigenvalue weighted by atomic mass is 10.3. The van der Waals surface area contributed by atoms with Crippen LogP contribution in [0.15, 0.2) is 35.8 Å². The molecule has 0 unspecified atom stereocenters. The van der Waals surface area contributed by atoms with Crippen molar-refractivity contribution in [2.75, 3.05) is 0 Å². The number of hydrogen-bond acceptors (Lipinski definition) is 3. The highest BCUT2D eigenvalue weighted by molar-refractivity contribution is 7.12. The number of nitrogens with zero attached hydrogens (tertiary/aromatic N) is 3. The van der Waals surface area contributed by atoms with Crippen LogP contribution < -0.4 is 0 Å². The van der Waals surface area contributed by atoms with Gasteiger partial charge in [0, 0.05) is 10.8 Å². The Balaban J connectivity index is 2.27. The average Bonchev–Trinajstić information content (AvgIpc) is 2.83. The predicted molar refractivity (Wildman–Crippen MR) is 61.8 cm³/mol. The number of fused-ring (bicyclic) bond motifs is 1. The van der Waals surface area contributed by atoms with Crippen molar-refractivity contribution in [1.82, 2.24) is 14.8 Å². The van der Waals surface area contributed by atoms with Crippen molar-refractivity contribution in [3.05, 3.63) is 41.0 Å². The molecule has 0 amide bonds. The molecule has 1 aromatic carbocycles. The third kappa shape index (κ3) is 1.42. The summed E-state index contributed by atoms with van der Waals surface area (Å²) in [6.45, 7) is 0. The van der Waals surface area contributed by atoms with Gasteiger partial charge in [0.25, 0.3) is 0 Å². The van der Waals surface area contributed by atoms with Crippen molar-refractivity contribution < 1.29 is 0 Å².